The fourth-order valence-corrected chi connectivity index (χ4v) is 10.4. The van der Waals surface area contributed by atoms with Crippen LogP contribution in [0, 0.1) is 28.6 Å². The predicted octanol–water partition coefficient (Wildman–Crippen LogP) is 6.32. The number of amides is 1. The van der Waals surface area contributed by atoms with Gasteiger partial charge in [-0.05, 0) is 81.1 Å². The smallest absolute Gasteiger partial charge is 0.414 e. The van der Waals surface area contributed by atoms with Gasteiger partial charge < -0.3 is 28.4 Å². The van der Waals surface area contributed by atoms with Gasteiger partial charge in [-0.15, -0.1) is 0 Å². The largest absolute Gasteiger partial charge is 0.443 e. The van der Waals surface area contributed by atoms with Crippen LogP contribution in [-0.4, -0.2) is 68.4 Å². The van der Waals surface area contributed by atoms with Crippen LogP contribution in [0.25, 0.3) is 5.57 Å². The standard InChI is InChI=1S/C35H47NO7/c1-30(2,3)43-29(37)36(6)23-9-7-22(8-10-23)25-20-32(5)26(11-12-35(32)40-17-18-41-35)24-19-27-34(42-27)21-33(38-15-16-39-33)14-13-31(34,4)28(24)25/h7-10,20,24,26-28H,11-19,21H2,1-6H3/t24?,26-,27-,28+,31?,32?,34-/m0/s1. The first-order chi connectivity index (χ1) is 20.3. The lowest BCUT2D eigenvalue weighted by molar-refractivity contribution is -0.227. The minimum atomic E-state index is -0.563. The number of hydrogen-bond donors (Lipinski definition) is 0. The van der Waals surface area contributed by atoms with Crippen molar-refractivity contribution in [3.63, 3.8) is 0 Å². The van der Waals surface area contributed by atoms with Crippen LogP contribution in [0.4, 0.5) is 10.5 Å². The van der Waals surface area contributed by atoms with Crippen molar-refractivity contribution >= 4 is 17.4 Å². The Kier molecular flexibility index (Phi) is 6.01. The quantitative estimate of drug-likeness (QED) is 0.371. The van der Waals surface area contributed by atoms with Crippen molar-refractivity contribution in [2.24, 2.45) is 28.6 Å². The van der Waals surface area contributed by atoms with Gasteiger partial charge in [0.25, 0.3) is 0 Å². The summed E-state index contributed by atoms with van der Waals surface area (Å²) < 4.78 is 38.0. The molecule has 43 heavy (non-hydrogen) atoms. The van der Waals surface area contributed by atoms with Gasteiger partial charge in [-0.2, -0.15) is 0 Å². The molecule has 3 saturated heterocycles. The number of carbonyl (C=O) groups is 1. The maximum absolute atomic E-state index is 12.8. The van der Waals surface area contributed by atoms with Gasteiger partial charge in [0.05, 0.1) is 32.5 Å². The molecular weight excluding hydrogens is 546 g/mol. The molecule has 234 valence electrons. The Morgan fingerprint density at radius 3 is 2.30 bits per heavy atom. The first-order valence-corrected chi connectivity index (χ1v) is 16.4. The normalized spacial score (nSPS) is 41.7. The zero-order chi connectivity index (χ0) is 30.0. The van der Waals surface area contributed by atoms with E-state index in [1.807, 2.05) is 32.9 Å². The van der Waals surface area contributed by atoms with Gasteiger partial charge in [-0.25, -0.2) is 4.79 Å². The molecule has 4 aliphatic carbocycles. The second-order valence-corrected chi connectivity index (χ2v) is 15.6. The van der Waals surface area contributed by atoms with E-state index in [4.69, 9.17) is 28.4 Å². The minimum Gasteiger partial charge on any atom is -0.443 e. The first-order valence-electron chi connectivity index (χ1n) is 16.4. The van der Waals surface area contributed by atoms with Crippen LogP contribution in [0.3, 0.4) is 0 Å². The highest BCUT2D eigenvalue weighted by Gasteiger charge is 2.79. The second-order valence-electron chi connectivity index (χ2n) is 15.6. The van der Waals surface area contributed by atoms with Crippen LogP contribution in [-0.2, 0) is 28.4 Å². The Bertz CT molecular complexity index is 1340. The van der Waals surface area contributed by atoms with Crippen molar-refractivity contribution in [1.29, 1.82) is 0 Å². The minimum absolute atomic E-state index is 0.0482. The molecule has 3 saturated carbocycles. The number of anilines is 1. The second kappa shape index (κ2) is 9.06. The molecule has 3 unspecified atom stereocenters. The van der Waals surface area contributed by atoms with Crippen LogP contribution in [0.2, 0.25) is 0 Å². The Balaban J connectivity index is 1.20. The van der Waals surface area contributed by atoms with Gasteiger partial charge >= 0.3 is 6.09 Å². The molecule has 1 aromatic carbocycles. The van der Waals surface area contributed by atoms with Crippen molar-refractivity contribution in [1.82, 2.24) is 0 Å². The molecule has 6 fully saturated rings. The third kappa shape index (κ3) is 3.89. The summed E-state index contributed by atoms with van der Waals surface area (Å²) in [6.45, 7) is 13.2. The zero-order valence-electron chi connectivity index (χ0n) is 26.6. The average Bonchev–Trinajstić information content (AvgIpc) is 3.31. The molecule has 3 spiro atoms. The number of epoxide rings is 1. The number of nitrogens with zero attached hydrogens (tertiary/aromatic N) is 1. The number of allylic oxidation sites excluding steroid dienone is 1. The highest BCUT2D eigenvalue weighted by atomic mass is 16.7. The van der Waals surface area contributed by atoms with E-state index in [-0.39, 0.29) is 28.6 Å². The van der Waals surface area contributed by atoms with E-state index in [0.717, 1.165) is 44.2 Å². The zero-order valence-corrected chi connectivity index (χ0v) is 26.6. The SMILES string of the molecule is CN(C(=O)OC(C)(C)C)c1ccc(C2=CC3(C)[C@@H](CCC34OCCO4)C3C[C@@H]4O[C@@]45CC4(CCC5(C)[C@@H]23)OCCO4)cc1. The molecule has 3 aliphatic heterocycles. The Hall–Kier alpha value is -1.97. The molecular formula is C35H47NO7. The summed E-state index contributed by atoms with van der Waals surface area (Å²) in [4.78, 5) is 14.4. The molecule has 8 rings (SSSR count). The summed E-state index contributed by atoms with van der Waals surface area (Å²) in [5.41, 5.74) is 2.32. The van der Waals surface area contributed by atoms with Gasteiger partial charge in [0.15, 0.2) is 11.6 Å². The van der Waals surface area contributed by atoms with Crippen molar-refractivity contribution in [2.75, 3.05) is 38.4 Å². The van der Waals surface area contributed by atoms with E-state index >= 15 is 0 Å². The van der Waals surface area contributed by atoms with Gasteiger partial charge in [0.1, 0.15) is 11.2 Å². The van der Waals surface area contributed by atoms with Crippen molar-refractivity contribution in [2.45, 2.75) is 102 Å². The van der Waals surface area contributed by atoms with Crippen LogP contribution in [0.15, 0.2) is 30.3 Å². The van der Waals surface area contributed by atoms with Crippen LogP contribution in [0.5, 0.6) is 0 Å². The summed E-state index contributed by atoms with van der Waals surface area (Å²) in [6.07, 6.45) is 8.21. The molecule has 3 heterocycles. The molecule has 1 amide bonds. The lowest BCUT2D eigenvalue weighted by Gasteiger charge is -2.60. The van der Waals surface area contributed by atoms with Crippen LogP contribution < -0.4 is 4.90 Å². The number of ether oxygens (including phenoxy) is 6. The predicted molar refractivity (Wildman–Crippen MR) is 160 cm³/mol. The highest BCUT2D eigenvalue weighted by molar-refractivity contribution is 5.87. The first kappa shape index (κ1) is 28.5. The van der Waals surface area contributed by atoms with Gasteiger partial charge in [0, 0.05) is 42.8 Å². The fourth-order valence-electron chi connectivity index (χ4n) is 10.4. The molecule has 8 heteroatoms. The summed E-state index contributed by atoms with van der Waals surface area (Å²) in [7, 11) is 1.77. The van der Waals surface area contributed by atoms with E-state index in [1.165, 1.54) is 11.1 Å². The summed E-state index contributed by atoms with van der Waals surface area (Å²) in [5, 5.41) is 0. The van der Waals surface area contributed by atoms with Gasteiger partial charge in [-0.3, -0.25) is 4.90 Å². The third-order valence-electron chi connectivity index (χ3n) is 12.4. The molecule has 0 radical (unpaired) electrons. The van der Waals surface area contributed by atoms with Crippen LogP contribution >= 0.6 is 0 Å². The molecule has 8 nitrogen and oxygen atoms in total. The van der Waals surface area contributed by atoms with E-state index in [2.05, 4.69) is 32.1 Å². The molecule has 0 N–H and O–H groups in total. The van der Waals surface area contributed by atoms with Crippen molar-refractivity contribution in [3.8, 4) is 0 Å². The van der Waals surface area contributed by atoms with E-state index in [1.54, 1.807) is 11.9 Å². The highest BCUT2D eigenvalue weighted by Crippen LogP contribution is 2.76. The summed E-state index contributed by atoms with van der Waals surface area (Å²) in [5.74, 6) is 0.198. The molecule has 7 atom stereocenters. The number of rotatable bonds is 2. The van der Waals surface area contributed by atoms with E-state index in [9.17, 15) is 4.79 Å². The maximum atomic E-state index is 12.8. The Morgan fingerprint density at radius 1 is 0.953 bits per heavy atom. The Morgan fingerprint density at radius 2 is 1.63 bits per heavy atom. The lowest BCUT2D eigenvalue weighted by atomic mass is 9.44. The van der Waals surface area contributed by atoms with E-state index < -0.39 is 17.2 Å². The van der Waals surface area contributed by atoms with Crippen molar-refractivity contribution < 1.29 is 33.2 Å². The Labute approximate surface area is 255 Å². The average molecular weight is 594 g/mol. The molecule has 0 aromatic heterocycles. The summed E-state index contributed by atoms with van der Waals surface area (Å²) in [6, 6.07) is 8.46. The monoisotopic (exact) mass is 593 g/mol. The van der Waals surface area contributed by atoms with E-state index in [0.29, 0.717) is 44.2 Å². The maximum Gasteiger partial charge on any atom is 0.414 e. The number of benzene rings is 1. The fraction of sp³-hybridized carbons (Fsp3) is 0.743. The van der Waals surface area contributed by atoms with Gasteiger partial charge in [0.2, 0.25) is 0 Å². The molecule has 0 bridgehead atoms. The lowest BCUT2D eigenvalue weighted by Crippen LogP contribution is -2.61. The molecule has 7 aliphatic rings. The summed E-state index contributed by atoms with van der Waals surface area (Å²) >= 11 is 0. The third-order valence-corrected chi connectivity index (χ3v) is 12.4. The molecule has 1 aromatic rings. The topological polar surface area (TPSA) is 79.0 Å². The van der Waals surface area contributed by atoms with Crippen molar-refractivity contribution in [3.05, 3.63) is 35.9 Å². The van der Waals surface area contributed by atoms with Crippen LogP contribution in [0.1, 0.15) is 78.7 Å². The van der Waals surface area contributed by atoms with Gasteiger partial charge in [-0.1, -0.05) is 32.1 Å². The number of fused-ring (bicyclic) bond motifs is 5. The number of carbonyl (C=O) groups excluding carboxylic acids is 1. The number of hydrogen-bond acceptors (Lipinski definition) is 7.